The van der Waals surface area contributed by atoms with Crippen LogP contribution in [0.15, 0.2) is 48.5 Å². The average molecular weight is 329 g/mol. The monoisotopic (exact) mass is 329 g/mol. The lowest BCUT2D eigenvalue weighted by atomic mass is 10.1. The van der Waals surface area contributed by atoms with E-state index in [0.29, 0.717) is 12.1 Å². The Kier molecular flexibility index (Phi) is 6.31. The van der Waals surface area contributed by atoms with E-state index in [9.17, 15) is 14.0 Å². The van der Waals surface area contributed by atoms with Crippen molar-refractivity contribution in [2.45, 2.75) is 20.0 Å². The Bertz CT molecular complexity index is 702. The molecule has 0 aliphatic heterocycles. The molecule has 0 saturated heterocycles. The van der Waals surface area contributed by atoms with Gasteiger partial charge in [-0.15, -0.1) is 0 Å². The van der Waals surface area contributed by atoms with Crippen LogP contribution in [0, 0.1) is 12.7 Å². The van der Waals surface area contributed by atoms with Crippen molar-refractivity contribution < 1.29 is 14.0 Å². The van der Waals surface area contributed by atoms with Gasteiger partial charge in [-0.25, -0.2) is 9.18 Å². The number of halogens is 1. The smallest absolute Gasteiger partial charge is 0.315 e. The van der Waals surface area contributed by atoms with Crippen molar-refractivity contribution >= 4 is 11.9 Å². The number of hydrogen-bond acceptors (Lipinski definition) is 2. The van der Waals surface area contributed by atoms with E-state index in [2.05, 4.69) is 16.0 Å². The van der Waals surface area contributed by atoms with Crippen LogP contribution < -0.4 is 16.0 Å². The SMILES string of the molecule is Cc1ccc(CNC(=O)NCC(=O)NCc2ccccc2F)cc1. The van der Waals surface area contributed by atoms with Gasteiger partial charge < -0.3 is 16.0 Å². The molecule has 3 N–H and O–H groups in total. The Morgan fingerprint density at radius 1 is 0.917 bits per heavy atom. The lowest BCUT2D eigenvalue weighted by Gasteiger charge is -2.09. The molecule has 0 saturated carbocycles. The molecule has 0 bridgehead atoms. The molecule has 6 heteroatoms. The van der Waals surface area contributed by atoms with Crippen molar-refractivity contribution in [2.24, 2.45) is 0 Å². The molecule has 0 fully saturated rings. The minimum absolute atomic E-state index is 0.0815. The molecule has 126 valence electrons. The minimum Gasteiger partial charge on any atom is -0.350 e. The van der Waals surface area contributed by atoms with Gasteiger partial charge in [-0.2, -0.15) is 0 Å². The second kappa shape index (κ2) is 8.67. The van der Waals surface area contributed by atoms with Crippen LogP contribution in [0.2, 0.25) is 0 Å². The average Bonchev–Trinajstić information content (AvgIpc) is 2.58. The number of urea groups is 1. The Hall–Kier alpha value is -2.89. The standard InChI is InChI=1S/C18H20FN3O2/c1-13-6-8-14(9-7-13)10-21-18(24)22-12-17(23)20-11-15-4-2-3-5-16(15)19/h2-9H,10-12H2,1H3,(H,20,23)(H2,21,22,24). The van der Waals surface area contributed by atoms with E-state index >= 15 is 0 Å². The van der Waals surface area contributed by atoms with Crippen LogP contribution in [0.1, 0.15) is 16.7 Å². The highest BCUT2D eigenvalue weighted by Crippen LogP contribution is 2.05. The minimum atomic E-state index is -0.434. The number of amides is 3. The van der Waals surface area contributed by atoms with Crippen LogP contribution in [0.25, 0.3) is 0 Å². The van der Waals surface area contributed by atoms with Gasteiger partial charge in [0.05, 0.1) is 6.54 Å². The number of hydrogen-bond donors (Lipinski definition) is 3. The molecule has 24 heavy (non-hydrogen) atoms. The zero-order chi connectivity index (χ0) is 17.4. The fraction of sp³-hybridized carbons (Fsp3) is 0.222. The fourth-order valence-electron chi connectivity index (χ4n) is 2.01. The van der Waals surface area contributed by atoms with Gasteiger partial charge in [0.15, 0.2) is 0 Å². The van der Waals surface area contributed by atoms with Crippen molar-refractivity contribution in [1.82, 2.24) is 16.0 Å². The molecular weight excluding hydrogens is 309 g/mol. The Morgan fingerprint density at radius 2 is 1.62 bits per heavy atom. The molecule has 0 aliphatic rings. The third kappa shape index (κ3) is 5.72. The number of benzene rings is 2. The maximum absolute atomic E-state index is 13.4. The molecule has 0 heterocycles. The van der Waals surface area contributed by atoms with E-state index in [1.807, 2.05) is 31.2 Å². The highest BCUT2D eigenvalue weighted by atomic mass is 19.1. The van der Waals surface area contributed by atoms with E-state index in [1.54, 1.807) is 18.2 Å². The number of aryl methyl sites for hydroxylation is 1. The van der Waals surface area contributed by atoms with Crippen molar-refractivity contribution in [1.29, 1.82) is 0 Å². The molecule has 3 amide bonds. The topological polar surface area (TPSA) is 70.2 Å². The lowest BCUT2D eigenvalue weighted by molar-refractivity contribution is -0.120. The van der Waals surface area contributed by atoms with Crippen LogP contribution >= 0.6 is 0 Å². The first kappa shape index (κ1) is 17.5. The molecule has 2 aromatic carbocycles. The van der Waals surface area contributed by atoms with Crippen LogP contribution in [0.5, 0.6) is 0 Å². The van der Waals surface area contributed by atoms with E-state index in [4.69, 9.17) is 0 Å². The number of carbonyl (C=O) groups is 2. The Balaban J connectivity index is 1.66. The molecule has 0 spiro atoms. The predicted octanol–water partition coefficient (Wildman–Crippen LogP) is 2.25. The summed E-state index contributed by atoms with van der Waals surface area (Å²) in [5, 5.41) is 7.68. The lowest BCUT2D eigenvalue weighted by Crippen LogP contribution is -2.41. The molecule has 2 aromatic rings. The first-order valence-electron chi connectivity index (χ1n) is 7.62. The predicted molar refractivity (Wildman–Crippen MR) is 89.7 cm³/mol. The molecule has 2 rings (SSSR count). The van der Waals surface area contributed by atoms with Crippen molar-refractivity contribution in [3.8, 4) is 0 Å². The summed E-state index contributed by atoms with van der Waals surface area (Å²) in [6, 6.07) is 13.6. The highest BCUT2D eigenvalue weighted by Gasteiger charge is 2.06. The highest BCUT2D eigenvalue weighted by molar-refractivity contribution is 5.83. The van der Waals surface area contributed by atoms with Crippen LogP contribution in [0.4, 0.5) is 9.18 Å². The van der Waals surface area contributed by atoms with Gasteiger partial charge in [-0.05, 0) is 18.6 Å². The van der Waals surface area contributed by atoms with Crippen molar-refractivity contribution in [3.05, 3.63) is 71.0 Å². The Morgan fingerprint density at radius 3 is 2.33 bits per heavy atom. The second-order valence-corrected chi connectivity index (χ2v) is 5.39. The molecule has 0 atom stereocenters. The zero-order valence-corrected chi connectivity index (χ0v) is 13.4. The Labute approximate surface area is 140 Å². The van der Waals surface area contributed by atoms with Crippen LogP contribution in [0.3, 0.4) is 0 Å². The summed E-state index contributed by atoms with van der Waals surface area (Å²) in [6.45, 7) is 2.28. The van der Waals surface area contributed by atoms with Crippen molar-refractivity contribution in [2.75, 3.05) is 6.54 Å². The summed E-state index contributed by atoms with van der Waals surface area (Å²) in [6.07, 6.45) is 0. The first-order chi connectivity index (χ1) is 11.5. The molecule has 0 aromatic heterocycles. The van der Waals surface area contributed by atoms with E-state index in [1.165, 1.54) is 6.07 Å². The zero-order valence-electron chi connectivity index (χ0n) is 13.4. The quantitative estimate of drug-likeness (QED) is 0.761. The van der Waals surface area contributed by atoms with Gasteiger partial charge in [0.25, 0.3) is 0 Å². The van der Waals surface area contributed by atoms with Gasteiger partial charge in [0.2, 0.25) is 5.91 Å². The first-order valence-corrected chi connectivity index (χ1v) is 7.62. The largest absolute Gasteiger partial charge is 0.350 e. The molecule has 0 aliphatic carbocycles. The van der Waals surface area contributed by atoms with Gasteiger partial charge >= 0.3 is 6.03 Å². The summed E-state index contributed by atoms with van der Waals surface area (Å²) in [7, 11) is 0. The number of rotatable bonds is 6. The van der Waals surface area contributed by atoms with Gasteiger partial charge in [-0.3, -0.25) is 4.79 Å². The van der Waals surface area contributed by atoms with Crippen molar-refractivity contribution in [3.63, 3.8) is 0 Å². The van der Waals surface area contributed by atoms with Crippen LogP contribution in [-0.2, 0) is 17.9 Å². The summed E-state index contributed by atoms with van der Waals surface area (Å²) < 4.78 is 13.4. The van der Waals surface area contributed by atoms with Gasteiger partial charge in [0, 0.05) is 18.7 Å². The van der Waals surface area contributed by atoms with Crippen LogP contribution in [-0.4, -0.2) is 18.5 Å². The maximum Gasteiger partial charge on any atom is 0.315 e. The van der Waals surface area contributed by atoms with Gasteiger partial charge in [-0.1, -0.05) is 48.0 Å². The number of carbonyl (C=O) groups excluding carboxylic acids is 2. The summed E-state index contributed by atoms with van der Waals surface area (Å²) >= 11 is 0. The molecule has 0 unspecified atom stereocenters. The van der Waals surface area contributed by atoms with E-state index < -0.39 is 6.03 Å². The molecular formula is C18H20FN3O2. The molecule has 5 nitrogen and oxygen atoms in total. The molecule has 0 radical (unpaired) electrons. The van der Waals surface area contributed by atoms with E-state index in [0.717, 1.165) is 11.1 Å². The fourth-order valence-corrected chi connectivity index (χ4v) is 2.01. The number of nitrogens with one attached hydrogen (secondary N) is 3. The maximum atomic E-state index is 13.4. The summed E-state index contributed by atoms with van der Waals surface area (Å²) in [5.74, 6) is -0.759. The van der Waals surface area contributed by atoms with Gasteiger partial charge in [0.1, 0.15) is 5.82 Å². The normalized spacial score (nSPS) is 10.1. The van der Waals surface area contributed by atoms with E-state index in [-0.39, 0.29) is 24.8 Å². The third-order valence-corrected chi connectivity index (χ3v) is 3.42. The third-order valence-electron chi connectivity index (χ3n) is 3.42. The second-order valence-electron chi connectivity index (χ2n) is 5.39. The summed E-state index contributed by atoms with van der Waals surface area (Å²) in [4.78, 5) is 23.3. The summed E-state index contributed by atoms with van der Waals surface area (Å²) in [5.41, 5.74) is 2.52.